The van der Waals surface area contributed by atoms with Gasteiger partial charge in [0.1, 0.15) is 0 Å². The average Bonchev–Trinajstić information content (AvgIpc) is 3.93. The normalized spacial score (nSPS) is 11.5. The van der Waals surface area contributed by atoms with Gasteiger partial charge in [0.2, 0.25) is 5.95 Å². The van der Waals surface area contributed by atoms with Crippen molar-refractivity contribution in [1.29, 1.82) is 0 Å². The second-order valence-corrected chi connectivity index (χ2v) is 16.9. The summed E-state index contributed by atoms with van der Waals surface area (Å²) in [6.45, 7) is 0. The van der Waals surface area contributed by atoms with Gasteiger partial charge in [-0.2, -0.15) is 9.97 Å². The molecule has 0 unspecified atom stereocenters. The molecule has 4 heterocycles. The minimum atomic E-state index is 0.543. The largest absolute Gasteiger partial charge is 0.309 e. The van der Waals surface area contributed by atoms with Crippen molar-refractivity contribution >= 4 is 43.6 Å². The van der Waals surface area contributed by atoms with E-state index in [2.05, 4.69) is 179 Å². The lowest BCUT2D eigenvalue weighted by atomic mass is 9.99. The number of benzene rings is 9. The Morgan fingerprint density at radius 1 is 0.250 bits per heavy atom. The molecule has 68 heavy (non-hydrogen) atoms. The summed E-state index contributed by atoms with van der Waals surface area (Å²) in [5.74, 6) is 2.41. The molecule has 13 rings (SSSR count). The molecule has 0 aliphatic rings. The number of rotatable bonds is 8. The Morgan fingerprint density at radius 2 is 0.691 bits per heavy atom. The summed E-state index contributed by atoms with van der Waals surface area (Å²) in [5, 5.41) is 4.56. The van der Waals surface area contributed by atoms with Crippen LogP contribution >= 0.6 is 0 Å². The highest BCUT2D eigenvalue weighted by atomic mass is 15.2. The van der Waals surface area contributed by atoms with E-state index in [1.54, 1.807) is 0 Å². The van der Waals surface area contributed by atoms with Crippen molar-refractivity contribution < 1.29 is 0 Å². The highest BCUT2D eigenvalue weighted by Crippen LogP contribution is 2.40. The second-order valence-electron chi connectivity index (χ2n) is 16.9. The highest BCUT2D eigenvalue weighted by Gasteiger charge is 2.22. The summed E-state index contributed by atoms with van der Waals surface area (Å²) in [5.41, 5.74) is 14.0. The van der Waals surface area contributed by atoms with Crippen molar-refractivity contribution in [2.45, 2.75) is 0 Å². The van der Waals surface area contributed by atoms with Crippen LogP contribution in [0.15, 0.2) is 237 Å². The molecule has 0 atom stereocenters. The SMILES string of the molecule is c1ccc(-c2cc(-c3ccccc3)nc(-c3ccc(-n4c5ccccc5c5cc6c7ccccc7n(-c7nc(-c8ccccc8)nc(-c8ccccc8-c8ccccc8)n7)c6cc54)cc3)n2)cc1. The Labute approximate surface area is 392 Å². The molecule has 4 aromatic heterocycles. The maximum Gasteiger partial charge on any atom is 0.238 e. The molecule has 0 aliphatic heterocycles. The van der Waals surface area contributed by atoms with Gasteiger partial charge in [-0.05, 0) is 65.7 Å². The molecule has 0 spiro atoms. The van der Waals surface area contributed by atoms with Crippen molar-refractivity contribution in [3.05, 3.63) is 237 Å². The van der Waals surface area contributed by atoms with Gasteiger partial charge in [-0.1, -0.05) is 182 Å². The van der Waals surface area contributed by atoms with Gasteiger partial charge in [0, 0.05) is 55.0 Å². The average molecular weight is 870 g/mol. The third kappa shape index (κ3) is 6.72. The lowest BCUT2D eigenvalue weighted by molar-refractivity contribution is 0.954. The maximum atomic E-state index is 5.37. The number of nitrogens with zero attached hydrogens (tertiary/aromatic N) is 7. The Morgan fingerprint density at radius 3 is 1.29 bits per heavy atom. The molecule has 0 amide bonds. The van der Waals surface area contributed by atoms with Crippen LogP contribution in [0.3, 0.4) is 0 Å². The molecule has 0 fully saturated rings. The fourth-order valence-electron chi connectivity index (χ4n) is 9.62. The molecule has 7 heteroatoms. The van der Waals surface area contributed by atoms with Gasteiger partial charge in [-0.15, -0.1) is 0 Å². The van der Waals surface area contributed by atoms with E-state index < -0.39 is 0 Å². The van der Waals surface area contributed by atoms with Crippen LogP contribution in [0.2, 0.25) is 0 Å². The van der Waals surface area contributed by atoms with Crippen LogP contribution in [0.1, 0.15) is 0 Å². The minimum absolute atomic E-state index is 0.543. The first-order valence-electron chi connectivity index (χ1n) is 22.8. The fraction of sp³-hybridized carbons (Fsp3) is 0. The molecule has 9 aromatic carbocycles. The number of hydrogen-bond donors (Lipinski definition) is 0. The first kappa shape index (κ1) is 39.1. The molecular weight excluding hydrogens is 831 g/mol. The predicted octanol–water partition coefficient (Wildman–Crippen LogP) is 14.9. The summed E-state index contributed by atoms with van der Waals surface area (Å²) >= 11 is 0. The van der Waals surface area contributed by atoms with Gasteiger partial charge < -0.3 is 4.57 Å². The smallest absolute Gasteiger partial charge is 0.238 e. The minimum Gasteiger partial charge on any atom is -0.309 e. The zero-order valence-corrected chi connectivity index (χ0v) is 36.6. The molecule has 0 saturated heterocycles. The quantitative estimate of drug-likeness (QED) is 0.152. The van der Waals surface area contributed by atoms with E-state index >= 15 is 0 Å². The van der Waals surface area contributed by atoms with Crippen molar-refractivity contribution in [3.63, 3.8) is 0 Å². The van der Waals surface area contributed by atoms with Crippen LogP contribution in [-0.4, -0.2) is 34.1 Å². The fourth-order valence-corrected chi connectivity index (χ4v) is 9.62. The van der Waals surface area contributed by atoms with Gasteiger partial charge in [0.25, 0.3) is 0 Å². The van der Waals surface area contributed by atoms with Crippen molar-refractivity contribution in [2.75, 3.05) is 0 Å². The summed E-state index contributed by atoms with van der Waals surface area (Å²) in [6, 6.07) is 82.1. The first-order valence-corrected chi connectivity index (χ1v) is 22.8. The summed E-state index contributed by atoms with van der Waals surface area (Å²) < 4.78 is 4.57. The third-order valence-electron chi connectivity index (χ3n) is 12.8. The number of hydrogen-bond acceptors (Lipinski definition) is 5. The van der Waals surface area contributed by atoms with E-state index in [0.717, 1.165) is 94.2 Å². The van der Waals surface area contributed by atoms with Gasteiger partial charge >= 0.3 is 0 Å². The predicted molar refractivity (Wildman–Crippen MR) is 277 cm³/mol. The lowest BCUT2D eigenvalue weighted by Gasteiger charge is -2.13. The van der Waals surface area contributed by atoms with Gasteiger partial charge in [-0.3, -0.25) is 4.57 Å². The van der Waals surface area contributed by atoms with E-state index in [0.29, 0.717) is 23.4 Å². The van der Waals surface area contributed by atoms with Crippen LogP contribution in [0, 0.1) is 0 Å². The summed E-state index contributed by atoms with van der Waals surface area (Å²) in [6.07, 6.45) is 0. The molecular formula is C61H39N7. The molecule has 13 aromatic rings. The molecule has 7 nitrogen and oxygen atoms in total. The van der Waals surface area contributed by atoms with E-state index in [9.17, 15) is 0 Å². The monoisotopic (exact) mass is 869 g/mol. The number of fused-ring (bicyclic) bond motifs is 6. The van der Waals surface area contributed by atoms with E-state index in [1.807, 2.05) is 66.7 Å². The third-order valence-corrected chi connectivity index (χ3v) is 12.8. The first-order chi connectivity index (χ1) is 33.7. The lowest BCUT2D eigenvalue weighted by Crippen LogP contribution is -2.07. The van der Waals surface area contributed by atoms with Crippen LogP contribution < -0.4 is 0 Å². The zero-order chi connectivity index (χ0) is 45.0. The Kier molecular flexibility index (Phi) is 9.35. The molecule has 0 bridgehead atoms. The van der Waals surface area contributed by atoms with Gasteiger partial charge in [0.15, 0.2) is 17.5 Å². The maximum absolute atomic E-state index is 5.37. The van der Waals surface area contributed by atoms with E-state index in [-0.39, 0.29) is 0 Å². The molecule has 0 N–H and O–H groups in total. The highest BCUT2D eigenvalue weighted by molar-refractivity contribution is 6.19. The van der Waals surface area contributed by atoms with Crippen LogP contribution in [0.25, 0.3) is 123 Å². The molecule has 0 aliphatic carbocycles. The molecule has 0 saturated carbocycles. The van der Waals surface area contributed by atoms with Crippen LogP contribution in [0.4, 0.5) is 0 Å². The number of para-hydroxylation sites is 2. The molecule has 0 radical (unpaired) electrons. The van der Waals surface area contributed by atoms with Crippen molar-refractivity contribution in [2.24, 2.45) is 0 Å². The van der Waals surface area contributed by atoms with Gasteiger partial charge in [-0.25, -0.2) is 15.0 Å². The van der Waals surface area contributed by atoms with Crippen LogP contribution in [0.5, 0.6) is 0 Å². The topological polar surface area (TPSA) is 74.3 Å². The Bertz CT molecular complexity index is 3940. The van der Waals surface area contributed by atoms with Crippen LogP contribution in [-0.2, 0) is 0 Å². The van der Waals surface area contributed by atoms with Crippen molar-refractivity contribution in [3.8, 4) is 79.4 Å². The Balaban J connectivity index is 1.01. The zero-order valence-electron chi connectivity index (χ0n) is 36.6. The molecule has 318 valence electrons. The van der Waals surface area contributed by atoms with Crippen molar-refractivity contribution in [1.82, 2.24) is 34.1 Å². The van der Waals surface area contributed by atoms with E-state index in [1.165, 1.54) is 5.39 Å². The summed E-state index contributed by atoms with van der Waals surface area (Å²) in [7, 11) is 0. The number of aromatic nitrogens is 7. The standard InChI is InChI=1S/C61H39N7/c1-5-19-40(20-6-1)46-27-13-14-30-49(46)60-64-59(43-25-11-4-12-26-43)65-61(66-60)68-55-32-18-16-29-48(55)51-37-50-47-28-15-17-31-54(47)67(56(50)39-57(51)68)45-35-33-44(34-36-45)58-62-52(41-21-7-2-8-22-41)38-53(63-58)42-23-9-3-10-24-42/h1-39H. The summed E-state index contributed by atoms with van der Waals surface area (Å²) in [4.78, 5) is 26.1. The Hall–Kier alpha value is -9.33. The second kappa shape index (κ2) is 16.3. The van der Waals surface area contributed by atoms with Gasteiger partial charge in [0.05, 0.1) is 33.5 Å². The van der Waals surface area contributed by atoms with E-state index in [4.69, 9.17) is 24.9 Å².